The van der Waals surface area contributed by atoms with Crippen LogP contribution >= 0.6 is 0 Å². The van der Waals surface area contributed by atoms with Crippen molar-refractivity contribution in [3.63, 3.8) is 0 Å². The van der Waals surface area contributed by atoms with Gasteiger partial charge >= 0.3 is 6.18 Å². The van der Waals surface area contributed by atoms with E-state index in [2.05, 4.69) is 9.97 Å². The topological polar surface area (TPSA) is 75.3 Å². The smallest absolute Gasteiger partial charge is 0.392 e. The summed E-state index contributed by atoms with van der Waals surface area (Å²) in [6, 6.07) is 6.44. The predicted octanol–water partition coefficient (Wildman–Crippen LogP) is 2.39. The van der Waals surface area contributed by atoms with Crippen LogP contribution in [0.4, 0.5) is 19.0 Å². The van der Waals surface area contributed by atoms with Crippen LogP contribution in [-0.2, 0) is 12.7 Å². The maximum absolute atomic E-state index is 12.9. The predicted molar refractivity (Wildman–Crippen MR) is 81.7 cm³/mol. The van der Waals surface area contributed by atoms with Crippen molar-refractivity contribution >= 4 is 5.82 Å². The SMILES string of the molecule is Nc1ccnc(CN2C[C@@H](O)C[C@@H]2c2cccc(C(F)(F)F)c2)n1. The second-order valence-corrected chi connectivity index (χ2v) is 5.86. The number of β-amino-alcohol motifs (C(OH)–C–C–N with tert-alkyl or cyclic N) is 1. The molecular formula is C16H17F3N4O. The normalized spacial score (nSPS) is 22.0. The number of benzene rings is 1. The molecular weight excluding hydrogens is 321 g/mol. The van der Waals surface area contributed by atoms with Gasteiger partial charge in [0.25, 0.3) is 0 Å². The Morgan fingerprint density at radius 2 is 2.08 bits per heavy atom. The van der Waals surface area contributed by atoms with Gasteiger partial charge in [0.2, 0.25) is 0 Å². The molecule has 1 aliphatic rings. The Bertz CT molecular complexity index is 722. The van der Waals surface area contributed by atoms with Crippen molar-refractivity contribution in [3.8, 4) is 0 Å². The molecule has 3 N–H and O–H groups in total. The van der Waals surface area contributed by atoms with Crippen LogP contribution in [0.1, 0.15) is 29.4 Å². The summed E-state index contributed by atoms with van der Waals surface area (Å²) >= 11 is 0. The molecule has 3 rings (SSSR count). The Balaban J connectivity index is 1.85. The average Bonchev–Trinajstić information content (AvgIpc) is 2.87. The quantitative estimate of drug-likeness (QED) is 0.899. The molecule has 0 spiro atoms. The van der Waals surface area contributed by atoms with E-state index in [0.29, 0.717) is 36.7 Å². The Morgan fingerprint density at radius 3 is 2.79 bits per heavy atom. The summed E-state index contributed by atoms with van der Waals surface area (Å²) in [4.78, 5) is 10.1. The molecule has 0 unspecified atom stereocenters. The molecule has 24 heavy (non-hydrogen) atoms. The van der Waals surface area contributed by atoms with Crippen molar-refractivity contribution in [3.05, 3.63) is 53.5 Å². The van der Waals surface area contributed by atoms with Crippen molar-refractivity contribution in [2.75, 3.05) is 12.3 Å². The van der Waals surface area contributed by atoms with Gasteiger partial charge in [0, 0.05) is 18.8 Å². The molecule has 1 aromatic carbocycles. The molecule has 0 saturated carbocycles. The number of aromatic nitrogens is 2. The molecule has 1 aromatic heterocycles. The summed E-state index contributed by atoms with van der Waals surface area (Å²) in [7, 11) is 0. The number of rotatable bonds is 3. The molecule has 0 amide bonds. The number of nitrogens with zero attached hydrogens (tertiary/aromatic N) is 3. The minimum atomic E-state index is -4.39. The number of halogens is 3. The summed E-state index contributed by atoms with van der Waals surface area (Å²) in [6.45, 7) is 0.655. The summed E-state index contributed by atoms with van der Waals surface area (Å²) < 4.78 is 38.8. The Morgan fingerprint density at radius 1 is 1.29 bits per heavy atom. The molecule has 1 fully saturated rings. The number of nitrogen functional groups attached to an aromatic ring is 1. The molecule has 0 radical (unpaired) electrons. The highest BCUT2D eigenvalue weighted by atomic mass is 19.4. The molecule has 128 valence electrons. The lowest BCUT2D eigenvalue weighted by molar-refractivity contribution is -0.137. The molecule has 5 nitrogen and oxygen atoms in total. The van der Waals surface area contributed by atoms with Gasteiger partial charge in [0.15, 0.2) is 0 Å². The number of alkyl halides is 3. The number of anilines is 1. The van der Waals surface area contributed by atoms with Crippen LogP contribution in [0, 0.1) is 0 Å². The van der Waals surface area contributed by atoms with E-state index >= 15 is 0 Å². The number of hydrogen-bond donors (Lipinski definition) is 2. The second-order valence-electron chi connectivity index (χ2n) is 5.86. The fraction of sp³-hybridized carbons (Fsp3) is 0.375. The highest BCUT2D eigenvalue weighted by molar-refractivity contribution is 5.29. The molecule has 0 aliphatic carbocycles. The van der Waals surface area contributed by atoms with Gasteiger partial charge in [-0.15, -0.1) is 0 Å². The first-order valence-electron chi connectivity index (χ1n) is 7.49. The van der Waals surface area contributed by atoms with E-state index in [1.54, 1.807) is 12.1 Å². The lowest BCUT2D eigenvalue weighted by Crippen LogP contribution is -2.25. The minimum Gasteiger partial charge on any atom is -0.392 e. The molecule has 1 aliphatic heterocycles. The van der Waals surface area contributed by atoms with E-state index < -0.39 is 17.8 Å². The summed E-state index contributed by atoms with van der Waals surface area (Å²) in [5.74, 6) is 0.802. The van der Waals surface area contributed by atoms with Gasteiger partial charge < -0.3 is 10.8 Å². The van der Waals surface area contributed by atoms with Crippen molar-refractivity contribution in [1.82, 2.24) is 14.9 Å². The molecule has 0 bridgehead atoms. The van der Waals surface area contributed by atoms with E-state index in [9.17, 15) is 18.3 Å². The fourth-order valence-electron chi connectivity index (χ4n) is 3.00. The molecule has 2 aromatic rings. The third kappa shape index (κ3) is 3.65. The maximum atomic E-state index is 12.9. The van der Waals surface area contributed by atoms with Crippen LogP contribution in [0.15, 0.2) is 36.5 Å². The third-order valence-electron chi connectivity index (χ3n) is 4.05. The van der Waals surface area contributed by atoms with Gasteiger partial charge in [0.05, 0.1) is 18.2 Å². The highest BCUT2D eigenvalue weighted by Crippen LogP contribution is 2.36. The summed E-state index contributed by atoms with van der Waals surface area (Å²) in [6.07, 6.45) is -3.10. The highest BCUT2D eigenvalue weighted by Gasteiger charge is 2.35. The van der Waals surface area contributed by atoms with Crippen molar-refractivity contribution in [1.29, 1.82) is 0 Å². The lowest BCUT2D eigenvalue weighted by atomic mass is 10.0. The van der Waals surface area contributed by atoms with Gasteiger partial charge in [-0.05, 0) is 30.2 Å². The van der Waals surface area contributed by atoms with Crippen molar-refractivity contribution in [2.45, 2.75) is 31.3 Å². The van der Waals surface area contributed by atoms with E-state index in [4.69, 9.17) is 5.73 Å². The van der Waals surface area contributed by atoms with E-state index in [-0.39, 0.29) is 6.04 Å². The Kier molecular flexibility index (Phi) is 4.42. The Labute approximate surface area is 137 Å². The van der Waals surface area contributed by atoms with Crippen LogP contribution in [0.25, 0.3) is 0 Å². The maximum Gasteiger partial charge on any atom is 0.416 e. The number of aliphatic hydroxyl groups is 1. The number of hydrogen-bond acceptors (Lipinski definition) is 5. The Hall–Kier alpha value is -2.19. The average molecular weight is 338 g/mol. The number of nitrogens with two attached hydrogens (primary N) is 1. The first-order chi connectivity index (χ1) is 11.3. The standard InChI is InChI=1S/C16H17F3N4O/c17-16(18,19)11-3-1-2-10(6-11)13-7-12(24)8-23(13)9-15-21-5-4-14(20)22-15/h1-6,12-13,24H,7-9H2,(H2,20,21,22)/t12-,13+/m0/s1. The number of likely N-dealkylation sites (tertiary alicyclic amines) is 1. The van der Waals surface area contributed by atoms with Crippen LogP contribution in [0.3, 0.4) is 0 Å². The molecule has 2 atom stereocenters. The van der Waals surface area contributed by atoms with Gasteiger partial charge in [-0.3, -0.25) is 4.90 Å². The zero-order valence-electron chi connectivity index (χ0n) is 12.7. The monoisotopic (exact) mass is 338 g/mol. The van der Waals surface area contributed by atoms with Crippen LogP contribution in [0.5, 0.6) is 0 Å². The largest absolute Gasteiger partial charge is 0.416 e. The van der Waals surface area contributed by atoms with Crippen LogP contribution in [-0.4, -0.2) is 32.6 Å². The van der Waals surface area contributed by atoms with Gasteiger partial charge in [-0.2, -0.15) is 13.2 Å². The number of aliphatic hydroxyl groups excluding tert-OH is 1. The van der Waals surface area contributed by atoms with Crippen LogP contribution < -0.4 is 5.73 Å². The minimum absolute atomic E-state index is 0.309. The van der Waals surface area contributed by atoms with Crippen LogP contribution in [0.2, 0.25) is 0 Å². The third-order valence-corrected chi connectivity index (χ3v) is 4.05. The molecule has 8 heteroatoms. The molecule has 1 saturated heterocycles. The first-order valence-corrected chi connectivity index (χ1v) is 7.49. The zero-order chi connectivity index (χ0) is 17.3. The first kappa shape index (κ1) is 16.7. The van der Waals surface area contributed by atoms with E-state index in [1.165, 1.54) is 12.3 Å². The lowest BCUT2D eigenvalue weighted by Gasteiger charge is -2.24. The van der Waals surface area contributed by atoms with Crippen molar-refractivity contribution < 1.29 is 18.3 Å². The van der Waals surface area contributed by atoms with E-state index in [0.717, 1.165) is 12.1 Å². The molecule has 2 heterocycles. The second kappa shape index (κ2) is 6.37. The van der Waals surface area contributed by atoms with Gasteiger partial charge in [-0.25, -0.2) is 9.97 Å². The van der Waals surface area contributed by atoms with Gasteiger partial charge in [-0.1, -0.05) is 12.1 Å². The summed E-state index contributed by atoms with van der Waals surface area (Å²) in [5, 5.41) is 9.96. The van der Waals surface area contributed by atoms with E-state index in [1.807, 2.05) is 4.90 Å². The summed E-state index contributed by atoms with van der Waals surface area (Å²) in [5.41, 5.74) is 5.46. The zero-order valence-corrected chi connectivity index (χ0v) is 12.7. The van der Waals surface area contributed by atoms with Crippen molar-refractivity contribution in [2.24, 2.45) is 0 Å². The van der Waals surface area contributed by atoms with Gasteiger partial charge in [0.1, 0.15) is 11.6 Å². The fourth-order valence-corrected chi connectivity index (χ4v) is 3.00.